The Morgan fingerprint density at radius 1 is 1.23 bits per heavy atom. The molecule has 0 saturated carbocycles. The molecule has 3 rings (SSSR count). The summed E-state index contributed by atoms with van der Waals surface area (Å²) in [4.78, 5) is 5.56. The monoisotopic (exact) mass is 317 g/mol. The highest BCUT2D eigenvalue weighted by molar-refractivity contribution is 6.30. The zero-order chi connectivity index (χ0) is 15.7. The van der Waals surface area contributed by atoms with Crippen LogP contribution in [0.4, 0.5) is 0 Å². The normalized spacial score (nSPS) is 18.3. The van der Waals surface area contributed by atoms with Crippen molar-refractivity contribution in [1.29, 1.82) is 0 Å². The fraction of sp³-hybridized carbons (Fsp3) is 0.389. The van der Waals surface area contributed by atoms with Gasteiger partial charge in [0.05, 0.1) is 5.71 Å². The molecule has 1 aliphatic rings. The van der Waals surface area contributed by atoms with Crippen molar-refractivity contribution in [2.75, 3.05) is 0 Å². The maximum atomic E-state index is 5.88. The third-order valence-electron chi connectivity index (χ3n) is 3.85. The summed E-state index contributed by atoms with van der Waals surface area (Å²) in [6, 6.07) is 9.65. The van der Waals surface area contributed by atoms with Gasteiger partial charge in [0.15, 0.2) is 0 Å². The number of furan rings is 1. The van der Waals surface area contributed by atoms with Crippen LogP contribution in [0, 0.1) is 12.3 Å². The first-order valence-corrected chi connectivity index (χ1v) is 7.84. The minimum absolute atomic E-state index is 0.139. The molecular weight excluding hydrogens is 298 g/mol. The van der Waals surface area contributed by atoms with E-state index in [-0.39, 0.29) is 5.41 Å². The maximum Gasteiger partial charge on any atom is 0.142 e. The number of nitrogens with zero attached hydrogens (tertiary/aromatic N) is 1. The van der Waals surface area contributed by atoms with Gasteiger partial charge >= 0.3 is 0 Å². The van der Waals surface area contributed by atoms with E-state index < -0.39 is 0 Å². The number of hydrogen-bond acceptors (Lipinski definition) is 3. The molecule has 0 amide bonds. The lowest BCUT2D eigenvalue weighted by Crippen LogP contribution is -2.26. The van der Waals surface area contributed by atoms with Gasteiger partial charge in [0.1, 0.15) is 18.1 Å². The average Bonchev–Trinajstić information content (AvgIpc) is 2.80. The lowest BCUT2D eigenvalue weighted by atomic mass is 9.76. The predicted molar refractivity (Wildman–Crippen MR) is 88.3 cm³/mol. The predicted octanol–water partition coefficient (Wildman–Crippen LogP) is 5.13. The van der Waals surface area contributed by atoms with E-state index in [2.05, 4.69) is 25.1 Å². The Balaban J connectivity index is 1.76. The molecule has 1 heterocycles. The minimum Gasteiger partial charge on any atom is -0.466 e. The van der Waals surface area contributed by atoms with E-state index in [4.69, 9.17) is 20.9 Å². The van der Waals surface area contributed by atoms with Crippen molar-refractivity contribution in [3.8, 4) is 0 Å². The summed E-state index contributed by atoms with van der Waals surface area (Å²) < 4.78 is 5.80. The number of hydrogen-bond donors (Lipinski definition) is 0. The quantitative estimate of drug-likeness (QED) is 0.735. The van der Waals surface area contributed by atoms with Gasteiger partial charge in [0.25, 0.3) is 0 Å². The Labute approximate surface area is 135 Å². The van der Waals surface area contributed by atoms with Crippen molar-refractivity contribution >= 4 is 17.3 Å². The molecule has 1 aromatic carbocycles. The number of fused-ring (bicyclic) bond motifs is 1. The van der Waals surface area contributed by atoms with Crippen molar-refractivity contribution in [2.45, 2.75) is 40.2 Å². The van der Waals surface area contributed by atoms with Crippen molar-refractivity contribution < 1.29 is 9.25 Å². The van der Waals surface area contributed by atoms with Gasteiger partial charge in [-0.1, -0.05) is 42.7 Å². The highest BCUT2D eigenvalue weighted by atomic mass is 35.5. The van der Waals surface area contributed by atoms with Crippen molar-refractivity contribution in [3.63, 3.8) is 0 Å². The van der Waals surface area contributed by atoms with Crippen LogP contribution in [0.25, 0.3) is 0 Å². The van der Waals surface area contributed by atoms with Crippen LogP contribution in [0.5, 0.6) is 0 Å². The first kappa shape index (κ1) is 15.2. The molecule has 3 nitrogen and oxygen atoms in total. The van der Waals surface area contributed by atoms with E-state index in [1.807, 2.05) is 31.2 Å². The van der Waals surface area contributed by atoms with E-state index in [0.717, 1.165) is 46.2 Å². The second-order valence-corrected chi connectivity index (χ2v) is 7.09. The summed E-state index contributed by atoms with van der Waals surface area (Å²) in [5.74, 6) is 1.94. The molecule has 0 spiro atoms. The highest BCUT2D eigenvalue weighted by Gasteiger charge is 2.32. The van der Waals surface area contributed by atoms with Crippen LogP contribution in [0.3, 0.4) is 0 Å². The van der Waals surface area contributed by atoms with E-state index in [9.17, 15) is 0 Å². The van der Waals surface area contributed by atoms with Crippen LogP contribution in [-0.4, -0.2) is 5.71 Å². The van der Waals surface area contributed by atoms with Gasteiger partial charge < -0.3 is 9.25 Å². The second-order valence-electron chi connectivity index (χ2n) is 6.65. The highest BCUT2D eigenvalue weighted by Crippen LogP contribution is 2.36. The standard InChI is InChI=1S/C18H20ClNO2/c1-12-8-15-16(9-18(2,3)10-17(15)22-12)20-21-11-13-4-6-14(19)7-5-13/h4-8H,9-11H2,1-3H3/b20-16-. The number of oxime groups is 1. The van der Waals surface area contributed by atoms with Crippen molar-refractivity contribution in [2.24, 2.45) is 10.6 Å². The maximum absolute atomic E-state index is 5.88. The Bertz CT molecular complexity index is 698. The first-order valence-electron chi connectivity index (χ1n) is 7.46. The van der Waals surface area contributed by atoms with Crippen LogP contribution < -0.4 is 0 Å². The van der Waals surface area contributed by atoms with Gasteiger partial charge in [0, 0.05) is 17.0 Å². The molecule has 22 heavy (non-hydrogen) atoms. The second kappa shape index (κ2) is 5.81. The first-order chi connectivity index (χ1) is 10.4. The van der Waals surface area contributed by atoms with Gasteiger partial charge in [-0.05, 0) is 42.5 Å². The molecule has 1 aliphatic carbocycles. The van der Waals surface area contributed by atoms with Gasteiger partial charge in [-0.3, -0.25) is 0 Å². The zero-order valence-corrected chi connectivity index (χ0v) is 13.9. The molecule has 4 heteroatoms. The van der Waals surface area contributed by atoms with Crippen LogP contribution >= 0.6 is 11.6 Å². The zero-order valence-electron chi connectivity index (χ0n) is 13.1. The number of halogens is 1. The van der Waals surface area contributed by atoms with Gasteiger partial charge in [-0.25, -0.2) is 0 Å². The minimum atomic E-state index is 0.139. The molecule has 0 N–H and O–H groups in total. The number of rotatable bonds is 3. The SMILES string of the molecule is Cc1cc2c(o1)CC(C)(C)C/C2=N/OCc1ccc(Cl)cc1. The summed E-state index contributed by atoms with van der Waals surface area (Å²) in [6.07, 6.45) is 1.83. The topological polar surface area (TPSA) is 34.7 Å². The molecule has 0 saturated heterocycles. The molecule has 0 fully saturated rings. The third kappa shape index (κ3) is 3.36. The smallest absolute Gasteiger partial charge is 0.142 e. The fourth-order valence-electron chi connectivity index (χ4n) is 2.83. The Morgan fingerprint density at radius 3 is 2.68 bits per heavy atom. The summed E-state index contributed by atoms with van der Waals surface area (Å²) in [7, 11) is 0. The number of benzene rings is 1. The average molecular weight is 318 g/mol. The summed E-state index contributed by atoms with van der Waals surface area (Å²) in [5, 5.41) is 5.10. The van der Waals surface area contributed by atoms with Crippen LogP contribution in [0.15, 0.2) is 39.9 Å². The molecule has 116 valence electrons. The summed E-state index contributed by atoms with van der Waals surface area (Å²) >= 11 is 5.88. The molecule has 0 atom stereocenters. The largest absolute Gasteiger partial charge is 0.466 e. The molecule has 0 aliphatic heterocycles. The Kier molecular flexibility index (Phi) is 4.00. The van der Waals surface area contributed by atoms with Crippen molar-refractivity contribution in [3.05, 3.63) is 58.0 Å². The van der Waals surface area contributed by atoms with Crippen LogP contribution in [0.2, 0.25) is 5.02 Å². The van der Waals surface area contributed by atoms with Gasteiger partial charge in [0.2, 0.25) is 0 Å². The molecule has 1 aromatic heterocycles. The fourth-order valence-corrected chi connectivity index (χ4v) is 2.96. The molecule has 0 radical (unpaired) electrons. The van der Waals surface area contributed by atoms with Crippen LogP contribution in [-0.2, 0) is 17.9 Å². The van der Waals surface area contributed by atoms with E-state index >= 15 is 0 Å². The third-order valence-corrected chi connectivity index (χ3v) is 4.10. The lowest BCUT2D eigenvalue weighted by molar-refractivity contribution is 0.128. The Morgan fingerprint density at radius 2 is 1.95 bits per heavy atom. The van der Waals surface area contributed by atoms with E-state index in [0.29, 0.717) is 6.61 Å². The number of aryl methyl sites for hydroxylation is 1. The Hall–Kier alpha value is -1.74. The van der Waals surface area contributed by atoms with E-state index in [1.165, 1.54) is 0 Å². The van der Waals surface area contributed by atoms with Crippen LogP contribution in [0.1, 0.15) is 42.9 Å². The molecule has 0 unspecified atom stereocenters. The van der Waals surface area contributed by atoms with Gasteiger partial charge in [-0.15, -0.1) is 0 Å². The lowest BCUT2D eigenvalue weighted by Gasteiger charge is -2.28. The van der Waals surface area contributed by atoms with Gasteiger partial charge in [-0.2, -0.15) is 0 Å². The summed E-state index contributed by atoms with van der Waals surface area (Å²) in [6.45, 7) is 6.86. The molecule has 2 aromatic rings. The molecular formula is C18H20ClNO2. The van der Waals surface area contributed by atoms with Crippen molar-refractivity contribution in [1.82, 2.24) is 0 Å². The summed E-state index contributed by atoms with van der Waals surface area (Å²) in [5.41, 5.74) is 3.25. The van der Waals surface area contributed by atoms with E-state index in [1.54, 1.807) is 0 Å². The molecule has 0 bridgehead atoms.